The van der Waals surface area contributed by atoms with Crippen LogP contribution in [0, 0.1) is 0 Å². The van der Waals surface area contributed by atoms with Gasteiger partial charge in [0.2, 0.25) is 10.0 Å². The van der Waals surface area contributed by atoms with Crippen molar-refractivity contribution in [1.82, 2.24) is 0 Å². The molecule has 0 radical (unpaired) electrons. The van der Waals surface area contributed by atoms with E-state index in [0.29, 0.717) is 17.1 Å². The first kappa shape index (κ1) is 14.9. The molecular weight excluding hydrogens is 290 g/mol. The summed E-state index contributed by atoms with van der Waals surface area (Å²) in [7, 11) is -3.30. The number of urea groups is 1. The van der Waals surface area contributed by atoms with Crippen molar-refractivity contribution in [3.8, 4) is 0 Å². The lowest BCUT2D eigenvalue weighted by Crippen LogP contribution is -2.19. The van der Waals surface area contributed by atoms with Crippen LogP contribution in [-0.2, 0) is 10.0 Å². The molecule has 0 aliphatic heterocycles. The van der Waals surface area contributed by atoms with Crippen molar-refractivity contribution in [2.45, 2.75) is 0 Å². The van der Waals surface area contributed by atoms with Crippen molar-refractivity contribution < 1.29 is 13.2 Å². The van der Waals surface area contributed by atoms with Gasteiger partial charge in [0, 0.05) is 17.1 Å². The van der Waals surface area contributed by atoms with Crippen LogP contribution in [0.1, 0.15) is 0 Å². The van der Waals surface area contributed by atoms with Crippen LogP contribution < -0.4 is 15.4 Å². The van der Waals surface area contributed by atoms with Crippen molar-refractivity contribution in [3.63, 3.8) is 0 Å². The molecule has 2 amide bonds. The van der Waals surface area contributed by atoms with E-state index in [2.05, 4.69) is 15.4 Å². The van der Waals surface area contributed by atoms with Gasteiger partial charge < -0.3 is 10.6 Å². The lowest BCUT2D eigenvalue weighted by atomic mass is 10.3. The largest absolute Gasteiger partial charge is 0.323 e. The van der Waals surface area contributed by atoms with E-state index in [1.54, 1.807) is 36.4 Å². The van der Waals surface area contributed by atoms with E-state index in [1.165, 1.54) is 0 Å². The minimum atomic E-state index is -3.30. The maximum atomic E-state index is 11.8. The number of para-hydroxylation sites is 1. The van der Waals surface area contributed by atoms with Crippen LogP contribution in [0.25, 0.3) is 0 Å². The lowest BCUT2D eigenvalue weighted by Gasteiger charge is -2.08. The molecule has 0 aliphatic carbocycles. The van der Waals surface area contributed by atoms with E-state index in [0.717, 1.165) is 6.26 Å². The predicted molar refractivity (Wildman–Crippen MR) is 84.0 cm³/mol. The fourth-order valence-corrected chi connectivity index (χ4v) is 2.21. The van der Waals surface area contributed by atoms with Crippen LogP contribution in [-0.4, -0.2) is 20.7 Å². The Hall–Kier alpha value is -2.54. The Labute approximate surface area is 123 Å². The van der Waals surface area contributed by atoms with E-state index >= 15 is 0 Å². The number of anilines is 3. The predicted octanol–water partition coefficient (Wildman–Crippen LogP) is 2.70. The van der Waals surface area contributed by atoms with Gasteiger partial charge in [-0.15, -0.1) is 0 Å². The number of carbonyl (C=O) groups is 1. The van der Waals surface area contributed by atoms with Crippen molar-refractivity contribution in [1.29, 1.82) is 0 Å². The summed E-state index contributed by atoms with van der Waals surface area (Å²) in [6, 6.07) is 15.0. The molecule has 21 heavy (non-hydrogen) atoms. The summed E-state index contributed by atoms with van der Waals surface area (Å²) in [6.45, 7) is 0. The zero-order valence-corrected chi connectivity index (χ0v) is 12.1. The average Bonchev–Trinajstić information content (AvgIpc) is 2.40. The zero-order chi connectivity index (χ0) is 15.3. The summed E-state index contributed by atoms with van der Waals surface area (Å²) in [4.78, 5) is 11.8. The summed E-state index contributed by atoms with van der Waals surface area (Å²) in [5.41, 5.74) is 1.68. The Kier molecular flexibility index (Phi) is 4.44. The van der Waals surface area contributed by atoms with Crippen molar-refractivity contribution >= 4 is 33.1 Å². The SMILES string of the molecule is CS(=O)(=O)Nc1ccc(NC(=O)Nc2ccccc2)cc1. The zero-order valence-electron chi connectivity index (χ0n) is 11.3. The van der Waals surface area contributed by atoms with Gasteiger partial charge in [-0.25, -0.2) is 13.2 Å². The van der Waals surface area contributed by atoms with Gasteiger partial charge in [-0.3, -0.25) is 4.72 Å². The van der Waals surface area contributed by atoms with Crippen LogP contribution in [0.3, 0.4) is 0 Å². The topological polar surface area (TPSA) is 87.3 Å². The number of nitrogens with one attached hydrogen (secondary N) is 3. The first-order valence-electron chi connectivity index (χ1n) is 6.13. The van der Waals surface area contributed by atoms with Crippen LogP contribution in [0.2, 0.25) is 0 Å². The second-order valence-corrected chi connectivity index (χ2v) is 6.15. The number of amides is 2. The molecule has 7 heteroatoms. The molecule has 0 spiro atoms. The third-order valence-electron chi connectivity index (χ3n) is 2.48. The molecular formula is C14H15N3O3S. The number of rotatable bonds is 4. The highest BCUT2D eigenvalue weighted by Crippen LogP contribution is 2.15. The third-order valence-corrected chi connectivity index (χ3v) is 3.08. The molecule has 2 rings (SSSR count). The first-order valence-corrected chi connectivity index (χ1v) is 8.02. The standard InChI is InChI=1S/C14H15N3O3S/c1-21(19,20)17-13-9-7-12(8-10-13)16-14(18)15-11-5-3-2-4-6-11/h2-10,17H,1H3,(H2,15,16,18). The molecule has 0 unspecified atom stereocenters. The van der Waals surface area contributed by atoms with Crippen LogP contribution >= 0.6 is 0 Å². The summed E-state index contributed by atoms with van der Waals surface area (Å²) < 4.78 is 24.5. The molecule has 6 nitrogen and oxygen atoms in total. The molecule has 2 aromatic rings. The minimum absolute atomic E-state index is 0.370. The molecule has 0 aromatic heterocycles. The van der Waals surface area contributed by atoms with Gasteiger partial charge in [0.25, 0.3) is 0 Å². The Balaban J connectivity index is 1.95. The van der Waals surface area contributed by atoms with Crippen LogP contribution in [0.4, 0.5) is 21.9 Å². The van der Waals surface area contributed by atoms with Crippen molar-refractivity contribution in [2.75, 3.05) is 21.6 Å². The normalized spacial score (nSPS) is 10.7. The van der Waals surface area contributed by atoms with Gasteiger partial charge in [-0.1, -0.05) is 18.2 Å². The van der Waals surface area contributed by atoms with Crippen molar-refractivity contribution in [3.05, 3.63) is 54.6 Å². The molecule has 0 aliphatic rings. The number of hydrogen-bond donors (Lipinski definition) is 3. The molecule has 0 atom stereocenters. The van der Waals surface area contributed by atoms with E-state index in [-0.39, 0.29) is 6.03 Å². The van der Waals surface area contributed by atoms with Crippen molar-refractivity contribution in [2.24, 2.45) is 0 Å². The highest BCUT2D eigenvalue weighted by Gasteiger charge is 2.04. The second kappa shape index (κ2) is 6.27. The maximum absolute atomic E-state index is 11.8. The first-order chi connectivity index (χ1) is 9.92. The molecule has 110 valence electrons. The third kappa shape index (κ3) is 5.15. The summed E-state index contributed by atoms with van der Waals surface area (Å²) in [6.07, 6.45) is 1.08. The fourth-order valence-electron chi connectivity index (χ4n) is 1.65. The van der Waals surface area contributed by atoms with Gasteiger partial charge in [0.1, 0.15) is 0 Å². The van der Waals surface area contributed by atoms with Crippen LogP contribution in [0.15, 0.2) is 54.6 Å². The smallest absolute Gasteiger partial charge is 0.308 e. The molecule has 0 bridgehead atoms. The molecule has 2 aromatic carbocycles. The summed E-state index contributed by atoms with van der Waals surface area (Å²) in [5, 5.41) is 5.33. The second-order valence-electron chi connectivity index (χ2n) is 4.40. The van der Waals surface area contributed by atoms with E-state index in [4.69, 9.17) is 0 Å². The quantitative estimate of drug-likeness (QED) is 0.811. The Morgan fingerprint density at radius 1 is 0.810 bits per heavy atom. The number of hydrogen-bond acceptors (Lipinski definition) is 3. The average molecular weight is 305 g/mol. The van der Waals surface area contributed by atoms with E-state index in [9.17, 15) is 13.2 Å². The summed E-state index contributed by atoms with van der Waals surface area (Å²) >= 11 is 0. The van der Waals surface area contributed by atoms with E-state index < -0.39 is 10.0 Å². The van der Waals surface area contributed by atoms with Gasteiger partial charge in [-0.2, -0.15) is 0 Å². The molecule has 0 heterocycles. The van der Waals surface area contributed by atoms with Gasteiger partial charge in [-0.05, 0) is 36.4 Å². The number of benzene rings is 2. The molecule has 3 N–H and O–H groups in total. The van der Waals surface area contributed by atoms with E-state index in [1.807, 2.05) is 18.2 Å². The monoisotopic (exact) mass is 305 g/mol. The highest BCUT2D eigenvalue weighted by molar-refractivity contribution is 7.92. The Bertz CT molecular complexity index is 713. The number of sulfonamides is 1. The molecule has 0 fully saturated rings. The molecule has 0 saturated carbocycles. The number of carbonyl (C=O) groups excluding carboxylic acids is 1. The lowest BCUT2D eigenvalue weighted by molar-refractivity contribution is 0.262. The Morgan fingerprint density at radius 3 is 1.81 bits per heavy atom. The van der Waals surface area contributed by atoms with Gasteiger partial charge >= 0.3 is 6.03 Å². The Morgan fingerprint density at radius 2 is 1.29 bits per heavy atom. The fraction of sp³-hybridized carbons (Fsp3) is 0.0714. The minimum Gasteiger partial charge on any atom is -0.308 e. The maximum Gasteiger partial charge on any atom is 0.323 e. The van der Waals surface area contributed by atoms with Gasteiger partial charge in [0.05, 0.1) is 6.26 Å². The van der Waals surface area contributed by atoms with Crippen LogP contribution in [0.5, 0.6) is 0 Å². The van der Waals surface area contributed by atoms with Gasteiger partial charge in [0.15, 0.2) is 0 Å². The molecule has 0 saturated heterocycles. The highest BCUT2D eigenvalue weighted by atomic mass is 32.2. The summed E-state index contributed by atoms with van der Waals surface area (Å²) in [5.74, 6) is 0.